The number of benzene rings is 1. The van der Waals surface area contributed by atoms with Gasteiger partial charge < -0.3 is 9.73 Å². The summed E-state index contributed by atoms with van der Waals surface area (Å²) in [6.45, 7) is 2.98. The minimum Gasteiger partial charge on any atom is -0.472 e. The van der Waals surface area contributed by atoms with Crippen LogP contribution in [0.25, 0.3) is 21.6 Å². The molecule has 25 heavy (non-hydrogen) atoms. The fourth-order valence-electron chi connectivity index (χ4n) is 2.84. The largest absolute Gasteiger partial charge is 0.472 e. The fourth-order valence-corrected chi connectivity index (χ4v) is 3.72. The highest BCUT2D eigenvalue weighted by Gasteiger charge is 2.12. The van der Waals surface area contributed by atoms with E-state index in [9.17, 15) is 0 Å². The van der Waals surface area contributed by atoms with Gasteiger partial charge in [0.25, 0.3) is 0 Å². The second-order valence-electron chi connectivity index (χ2n) is 6.00. The van der Waals surface area contributed by atoms with E-state index in [0.29, 0.717) is 5.82 Å². The van der Waals surface area contributed by atoms with E-state index < -0.39 is 0 Å². The van der Waals surface area contributed by atoms with Crippen LogP contribution in [-0.4, -0.2) is 16.5 Å². The molecule has 3 heterocycles. The first-order chi connectivity index (χ1) is 12.3. The summed E-state index contributed by atoms with van der Waals surface area (Å²) < 4.78 is 5.18. The second kappa shape index (κ2) is 7.07. The lowest BCUT2D eigenvalue weighted by atomic mass is 10.1. The zero-order chi connectivity index (χ0) is 17.1. The smallest absolute Gasteiger partial charge is 0.166 e. The van der Waals surface area contributed by atoms with Crippen LogP contribution >= 0.6 is 11.3 Å². The van der Waals surface area contributed by atoms with Crippen LogP contribution in [0.3, 0.4) is 0 Å². The normalized spacial score (nSPS) is 11.1. The van der Waals surface area contributed by atoms with Crippen molar-refractivity contribution in [3.05, 3.63) is 65.4 Å². The highest BCUT2D eigenvalue weighted by molar-refractivity contribution is 7.18. The molecule has 1 aromatic carbocycles. The molecule has 0 unspecified atom stereocenters. The Morgan fingerprint density at radius 1 is 1.12 bits per heavy atom. The summed E-state index contributed by atoms with van der Waals surface area (Å²) in [6, 6.07) is 14.6. The second-order valence-corrected chi connectivity index (χ2v) is 7.23. The number of aryl methyl sites for hydroxylation is 2. The number of hydrogen-bond donors (Lipinski definition) is 1. The molecule has 0 aliphatic heterocycles. The molecule has 0 fully saturated rings. The lowest BCUT2D eigenvalue weighted by Crippen LogP contribution is -2.06. The highest BCUT2D eigenvalue weighted by Crippen LogP contribution is 2.31. The molecule has 0 bridgehead atoms. The molecule has 126 valence electrons. The highest BCUT2D eigenvalue weighted by atomic mass is 32.1. The van der Waals surface area contributed by atoms with Gasteiger partial charge in [0.05, 0.1) is 17.2 Å². The van der Waals surface area contributed by atoms with Crippen molar-refractivity contribution in [1.29, 1.82) is 0 Å². The van der Waals surface area contributed by atoms with Gasteiger partial charge in [0.15, 0.2) is 5.82 Å². The van der Waals surface area contributed by atoms with E-state index >= 15 is 0 Å². The van der Waals surface area contributed by atoms with Crippen LogP contribution in [0.5, 0.6) is 0 Å². The van der Waals surface area contributed by atoms with E-state index in [1.165, 1.54) is 10.4 Å². The zero-order valence-electron chi connectivity index (χ0n) is 14.0. The number of hydrogen-bond acceptors (Lipinski definition) is 5. The first-order valence-electron chi connectivity index (χ1n) is 8.38. The van der Waals surface area contributed by atoms with E-state index in [-0.39, 0.29) is 0 Å². The molecule has 3 aromatic heterocycles. The first-order valence-corrected chi connectivity index (χ1v) is 9.20. The van der Waals surface area contributed by atoms with E-state index in [2.05, 4.69) is 53.6 Å². The third-order valence-electron chi connectivity index (χ3n) is 4.07. The van der Waals surface area contributed by atoms with Gasteiger partial charge in [-0.15, -0.1) is 11.3 Å². The molecule has 5 heteroatoms. The average molecular weight is 349 g/mol. The fraction of sp³-hybridized carbons (Fsp3) is 0.200. The van der Waals surface area contributed by atoms with Crippen molar-refractivity contribution in [3.63, 3.8) is 0 Å². The van der Waals surface area contributed by atoms with Crippen molar-refractivity contribution in [3.8, 4) is 11.4 Å². The van der Waals surface area contributed by atoms with Crippen molar-refractivity contribution in [1.82, 2.24) is 9.97 Å². The Morgan fingerprint density at radius 2 is 2.00 bits per heavy atom. The molecule has 4 aromatic rings. The summed E-state index contributed by atoms with van der Waals surface area (Å²) in [6.07, 6.45) is 5.44. The SMILES string of the molecule is Cc1cc2c(NCCCc3ccccc3)nc(-c3ccoc3)nc2s1. The number of anilines is 1. The minimum absolute atomic E-state index is 0.702. The monoisotopic (exact) mass is 349 g/mol. The Balaban J connectivity index is 1.53. The van der Waals surface area contributed by atoms with Gasteiger partial charge in [0, 0.05) is 11.4 Å². The van der Waals surface area contributed by atoms with Crippen LogP contribution in [0.15, 0.2) is 59.4 Å². The molecule has 1 N–H and O–H groups in total. The Bertz CT molecular complexity index is 961. The Morgan fingerprint density at radius 3 is 2.80 bits per heavy atom. The molecule has 0 radical (unpaired) electrons. The molecule has 0 spiro atoms. The maximum absolute atomic E-state index is 5.18. The Kier molecular flexibility index (Phi) is 4.48. The van der Waals surface area contributed by atoms with Crippen molar-refractivity contribution in [2.75, 3.05) is 11.9 Å². The van der Waals surface area contributed by atoms with Gasteiger partial charge in [-0.05, 0) is 37.5 Å². The molecule has 0 atom stereocenters. The van der Waals surface area contributed by atoms with Crippen LogP contribution in [0.2, 0.25) is 0 Å². The Labute approximate surface area is 150 Å². The first kappa shape index (κ1) is 15.8. The maximum atomic E-state index is 5.18. The summed E-state index contributed by atoms with van der Waals surface area (Å²) in [7, 11) is 0. The van der Waals surface area contributed by atoms with Crippen LogP contribution in [0.1, 0.15) is 16.9 Å². The zero-order valence-corrected chi connectivity index (χ0v) is 14.8. The average Bonchev–Trinajstić information content (AvgIpc) is 3.28. The molecule has 4 nitrogen and oxygen atoms in total. The van der Waals surface area contributed by atoms with Gasteiger partial charge in [-0.25, -0.2) is 9.97 Å². The number of thiophene rings is 1. The minimum atomic E-state index is 0.702. The lowest BCUT2D eigenvalue weighted by Gasteiger charge is -2.08. The van der Waals surface area contributed by atoms with Gasteiger partial charge in [-0.3, -0.25) is 0 Å². The summed E-state index contributed by atoms with van der Waals surface area (Å²) >= 11 is 1.69. The van der Waals surface area contributed by atoms with E-state index in [1.807, 2.05) is 6.07 Å². The molecule has 0 amide bonds. The summed E-state index contributed by atoms with van der Waals surface area (Å²) in [5, 5.41) is 4.59. The van der Waals surface area contributed by atoms with Crippen molar-refractivity contribution < 1.29 is 4.42 Å². The quantitative estimate of drug-likeness (QED) is 0.480. The number of nitrogens with zero attached hydrogens (tertiary/aromatic N) is 2. The van der Waals surface area contributed by atoms with E-state index in [1.54, 1.807) is 23.9 Å². The molecule has 0 aliphatic rings. The van der Waals surface area contributed by atoms with Crippen molar-refractivity contribution in [2.24, 2.45) is 0 Å². The summed E-state index contributed by atoms with van der Waals surface area (Å²) in [5.74, 6) is 1.60. The van der Waals surface area contributed by atoms with Gasteiger partial charge in [-0.1, -0.05) is 30.3 Å². The predicted molar refractivity (Wildman–Crippen MR) is 103 cm³/mol. The number of furan rings is 1. The number of nitrogens with one attached hydrogen (secondary N) is 1. The number of aromatic nitrogens is 2. The van der Waals surface area contributed by atoms with E-state index in [0.717, 1.165) is 41.0 Å². The third-order valence-corrected chi connectivity index (χ3v) is 5.02. The van der Waals surface area contributed by atoms with Crippen LogP contribution in [-0.2, 0) is 6.42 Å². The summed E-state index contributed by atoms with van der Waals surface area (Å²) in [5.41, 5.74) is 2.27. The Hall–Kier alpha value is -2.66. The lowest BCUT2D eigenvalue weighted by molar-refractivity contribution is 0.568. The van der Waals surface area contributed by atoms with Crippen LogP contribution in [0.4, 0.5) is 5.82 Å². The van der Waals surface area contributed by atoms with Gasteiger partial charge in [-0.2, -0.15) is 0 Å². The van der Waals surface area contributed by atoms with Gasteiger partial charge >= 0.3 is 0 Å². The van der Waals surface area contributed by atoms with Crippen molar-refractivity contribution in [2.45, 2.75) is 19.8 Å². The summed E-state index contributed by atoms with van der Waals surface area (Å²) in [4.78, 5) is 11.7. The topological polar surface area (TPSA) is 51.0 Å². The molecule has 4 rings (SSSR count). The van der Waals surface area contributed by atoms with E-state index in [4.69, 9.17) is 9.40 Å². The van der Waals surface area contributed by atoms with Gasteiger partial charge in [0.1, 0.15) is 16.9 Å². The number of rotatable bonds is 6. The van der Waals surface area contributed by atoms with Crippen molar-refractivity contribution >= 4 is 27.4 Å². The molecular formula is C20H19N3OS. The predicted octanol–water partition coefficient (Wildman–Crippen LogP) is 5.30. The maximum Gasteiger partial charge on any atom is 0.166 e. The molecule has 0 aliphatic carbocycles. The third kappa shape index (κ3) is 3.56. The molecule has 0 saturated carbocycles. The molecule has 0 saturated heterocycles. The van der Waals surface area contributed by atoms with Gasteiger partial charge in [0.2, 0.25) is 0 Å². The van der Waals surface area contributed by atoms with Crippen LogP contribution < -0.4 is 5.32 Å². The molecular weight excluding hydrogens is 330 g/mol. The standard InChI is InChI=1S/C20H19N3OS/c1-14-12-17-19(21-10-5-8-15-6-3-2-4-7-15)22-18(23-20(17)25-14)16-9-11-24-13-16/h2-4,6-7,9,11-13H,5,8,10H2,1H3,(H,21,22,23). The van der Waals surface area contributed by atoms with Crippen LogP contribution in [0, 0.1) is 6.92 Å². The number of fused-ring (bicyclic) bond motifs is 1.